The molecular weight excluding hydrogens is 264 g/mol. The monoisotopic (exact) mass is 278 g/mol. The Labute approximate surface area is 111 Å². The Kier molecular flexibility index (Phi) is 2.89. The molecule has 0 aromatic carbocycles. The van der Waals surface area contributed by atoms with E-state index in [4.69, 9.17) is 0 Å². The minimum atomic E-state index is -2.95. The summed E-state index contributed by atoms with van der Waals surface area (Å²) in [5, 5.41) is -0.316. The molecule has 0 amide bonds. The Balaban J connectivity index is 1.96. The summed E-state index contributed by atoms with van der Waals surface area (Å²) >= 11 is 0. The van der Waals surface area contributed by atoms with Crippen molar-refractivity contribution in [2.75, 3.05) is 5.75 Å². The van der Waals surface area contributed by atoms with Crippen molar-refractivity contribution in [3.63, 3.8) is 0 Å². The van der Waals surface area contributed by atoms with Crippen molar-refractivity contribution in [2.24, 2.45) is 0 Å². The summed E-state index contributed by atoms with van der Waals surface area (Å²) in [5.41, 5.74) is 1.41. The molecule has 5 nitrogen and oxygen atoms in total. The molecule has 0 aliphatic carbocycles. The molecule has 0 saturated carbocycles. The minimum Gasteiger partial charge on any atom is -0.304 e. The van der Waals surface area contributed by atoms with Crippen LogP contribution in [0.5, 0.6) is 0 Å². The fraction of sp³-hybridized carbons (Fsp3) is 0.385. The zero-order valence-corrected chi connectivity index (χ0v) is 11.1. The third-order valence-corrected chi connectivity index (χ3v) is 5.92. The average Bonchev–Trinajstić information content (AvgIpc) is 2.94. The van der Waals surface area contributed by atoms with Crippen LogP contribution in [-0.4, -0.2) is 35.1 Å². The highest BCUT2D eigenvalue weighted by atomic mass is 32.2. The fourth-order valence-corrected chi connectivity index (χ4v) is 4.42. The van der Waals surface area contributed by atoms with E-state index >= 15 is 0 Å². The van der Waals surface area contributed by atoms with E-state index in [1.807, 2.05) is 4.40 Å². The molecule has 100 valence electrons. The molecule has 0 bridgehead atoms. The van der Waals surface area contributed by atoms with Gasteiger partial charge in [0.05, 0.1) is 22.7 Å². The second-order valence-corrected chi connectivity index (χ2v) is 7.28. The van der Waals surface area contributed by atoms with Crippen LogP contribution in [0.1, 0.15) is 29.0 Å². The van der Waals surface area contributed by atoms with Gasteiger partial charge in [0.25, 0.3) is 0 Å². The van der Waals surface area contributed by atoms with Crippen LogP contribution in [-0.2, 0) is 16.3 Å². The maximum absolute atomic E-state index is 11.8. The molecule has 0 N–H and O–H groups in total. The van der Waals surface area contributed by atoms with Gasteiger partial charge in [0.1, 0.15) is 12.1 Å². The van der Waals surface area contributed by atoms with E-state index in [0.29, 0.717) is 18.4 Å². The lowest BCUT2D eigenvalue weighted by atomic mass is 10.2. The van der Waals surface area contributed by atoms with E-state index < -0.39 is 9.84 Å². The van der Waals surface area contributed by atoms with E-state index in [2.05, 4.69) is 4.98 Å². The smallest absolute Gasteiger partial charge is 0.153 e. The number of carbonyl (C=O) groups is 1. The highest BCUT2D eigenvalue weighted by Gasteiger charge is 2.32. The van der Waals surface area contributed by atoms with Gasteiger partial charge in [0.2, 0.25) is 0 Å². The van der Waals surface area contributed by atoms with Crippen LogP contribution >= 0.6 is 0 Å². The lowest BCUT2D eigenvalue weighted by molar-refractivity contribution is 0.112. The number of carbonyl (C=O) groups excluding carboxylic acids is 1. The van der Waals surface area contributed by atoms with Gasteiger partial charge < -0.3 is 4.40 Å². The molecule has 1 aliphatic heterocycles. The number of fused-ring (bicyclic) bond motifs is 1. The molecule has 6 heteroatoms. The number of nitrogens with zero attached hydrogens (tertiary/aromatic N) is 2. The van der Waals surface area contributed by atoms with Gasteiger partial charge in [-0.05, 0) is 25.0 Å². The van der Waals surface area contributed by atoms with E-state index in [1.54, 1.807) is 24.5 Å². The van der Waals surface area contributed by atoms with Gasteiger partial charge in [-0.3, -0.25) is 4.79 Å². The number of pyridine rings is 1. The highest BCUT2D eigenvalue weighted by Crippen LogP contribution is 2.23. The average molecular weight is 278 g/mol. The van der Waals surface area contributed by atoms with Crippen molar-refractivity contribution in [3.05, 3.63) is 35.9 Å². The molecular formula is C13H14N2O3S. The van der Waals surface area contributed by atoms with Crippen molar-refractivity contribution in [2.45, 2.75) is 24.5 Å². The molecule has 2 aromatic rings. The number of imidazole rings is 1. The summed E-state index contributed by atoms with van der Waals surface area (Å²) < 4.78 is 25.5. The second-order valence-electron chi connectivity index (χ2n) is 4.88. The lowest BCUT2D eigenvalue weighted by Crippen LogP contribution is -2.19. The van der Waals surface area contributed by atoms with Crippen molar-refractivity contribution in [1.29, 1.82) is 0 Å². The third kappa shape index (κ3) is 2.16. The summed E-state index contributed by atoms with van der Waals surface area (Å²) in [4.78, 5) is 15.0. The quantitative estimate of drug-likeness (QED) is 0.793. The molecule has 19 heavy (non-hydrogen) atoms. The molecule has 1 fully saturated rings. The molecule has 2 aromatic heterocycles. The SMILES string of the molecule is O=Cc1ccn2c(CC3CCCS3(=O)=O)ncc2c1. The highest BCUT2D eigenvalue weighted by molar-refractivity contribution is 7.92. The van der Waals surface area contributed by atoms with Gasteiger partial charge in [-0.1, -0.05) is 0 Å². The number of sulfone groups is 1. The van der Waals surface area contributed by atoms with Crippen molar-refractivity contribution >= 4 is 21.6 Å². The fourth-order valence-electron chi connectivity index (χ4n) is 2.59. The number of aromatic nitrogens is 2. The minimum absolute atomic E-state index is 0.288. The van der Waals surface area contributed by atoms with Crippen LogP contribution in [0.4, 0.5) is 0 Å². The Morgan fingerprint density at radius 2 is 2.32 bits per heavy atom. The standard InChI is InChI=1S/C13H14N2O3S/c16-9-10-3-4-15-11(6-10)8-14-13(15)7-12-2-1-5-19(12,17)18/h3-4,6,8-9,12H,1-2,5,7H2. The van der Waals surface area contributed by atoms with Crippen molar-refractivity contribution in [1.82, 2.24) is 9.38 Å². The summed E-state index contributed by atoms with van der Waals surface area (Å²) in [6, 6.07) is 3.45. The molecule has 1 atom stereocenters. The molecule has 0 spiro atoms. The van der Waals surface area contributed by atoms with Gasteiger partial charge in [-0.2, -0.15) is 0 Å². The molecule has 1 aliphatic rings. The third-order valence-electron chi connectivity index (χ3n) is 3.64. The molecule has 3 heterocycles. The number of hydrogen-bond donors (Lipinski definition) is 0. The Morgan fingerprint density at radius 1 is 1.47 bits per heavy atom. The Morgan fingerprint density at radius 3 is 3.00 bits per heavy atom. The Hall–Kier alpha value is -1.69. The first-order valence-electron chi connectivity index (χ1n) is 6.23. The van der Waals surface area contributed by atoms with Crippen molar-refractivity contribution in [3.8, 4) is 0 Å². The van der Waals surface area contributed by atoms with Crippen molar-refractivity contribution < 1.29 is 13.2 Å². The first-order valence-corrected chi connectivity index (χ1v) is 7.94. The topological polar surface area (TPSA) is 68.5 Å². The lowest BCUT2D eigenvalue weighted by Gasteiger charge is -2.08. The maximum Gasteiger partial charge on any atom is 0.153 e. The Bertz CT molecular complexity index is 733. The first-order chi connectivity index (χ1) is 9.10. The predicted molar refractivity (Wildman–Crippen MR) is 71.1 cm³/mol. The van der Waals surface area contributed by atoms with Gasteiger partial charge in [-0.15, -0.1) is 0 Å². The molecule has 1 unspecified atom stereocenters. The zero-order valence-electron chi connectivity index (χ0n) is 10.3. The zero-order chi connectivity index (χ0) is 13.5. The van der Waals surface area contributed by atoms with Crippen LogP contribution < -0.4 is 0 Å². The number of hydrogen-bond acceptors (Lipinski definition) is 4. The van der Waals surface area contributed by atoms with E-state index in [-0.39, 0.29) is 11.0 Å². The first kappa shape index (κ1) is 12.3. The second kappa shape index (κ2) is 4.45. The molecule has 1 saturated heterocycles. The predicted octanol–water partition coefficient (Wildman–Crippen LogP) is 1.27. The summed E-state index contributed by atoms with van der Waals surface area (Å²) in [6.07, 6.45) is 6.12. The summed E-state index contributed by atoms with van der Waals surface area (Å²) in [7, 11) is -2.95. The van der Waals surface area contributed by atoms with Crippen LogP contribution in [0.25, 0.3) is 5.52 Å². The number of aldehydes is 1. The largest absolute Gasteiger partial charge is 0.304 e. The van der Waals surface area contributed by atoms with E-state index in [1.165, 1.54) is 0 Å². The van der Waals surface area contributed by atoms with E-state index in [9.17, 15) is 13.2 Å². The van der Waals surface area contributed by atoms with Crippen LogP contribution in [0, 0.1) is 0 Å². The number of rotatable bonds is 3. The van der Waals surface area contributed by atoms with Crippen LogP contribution in [0.2, 0.25) is 0 Å². The van der Waals surface area contributed by atoms with Crippen LogP contribution in [0.15, 0.2) is 24.5 Å². The summed E-state index contributed by atoms with van der Waals surface area (Å²) in [6.45, 7) is 0. The van der Waals surface area contributed by atoms with Gasteiger partial charge in [0, 0.05) is 18.2 Å². The van der Waals surface area contributed by atoms with Gasteiger partial charge in [-0.25, -0.2) is 13.4 Å². The van der Waals surface area contributed by atoms with Gasteiger partial charge in [0.15, 0.2) is 9.84 Å². The van der Waals surface area contributed by atoms with Gasteiger partial charge >= 0.3 is 0 Å². The normalized spacial score (nSPS) is 21.8. The molecule has 0 radical (unpaired) electrons. The maximum atomic E-state index is 11.8. The van der Waals surface area contributed by atoms with Crippen LogP contribution in [0.3, 0.4) is 0 Å². The molecule has 3 rings (SSSR count). The summed E-state index contributed by atoms with van der Waals surface area (Å²) in [5.74, 6) is 1.03. The van der Waals surface area contributed by atoms with E-state index in [0.717, 1.165) is 24.0 Å².